The molecule has 0 unspecified atom stereocenters. The van der Waals surface area contributed by atoms with E-state index in [2.05, 4.69) is 6.58 Å². The van der Waals surface area contributed by atoms with Crippen molar-refractivity contribution in [1.29, 1.82) is 0 Å². The summed E-state index contributed by atoms with van der Waals surface area (Å²) in [5.74, 6) is 1.62. The molecule has 0 atom stereocenters. The summed E-state index contributed by atoms with van der Waals surface area (Å²) in [5, 5.41) is 0. The summed E-state index contributed by atoms with van der Waals surface area (Å²) in [5.41, 5.74) is 4.42. The summed E-state index contributed by atoms with van der Waals surface area (Å²) >= 11 is 0. The fourth-order valence-corrected chi connectivity index (χ4v) is 5.90. The lowest BCUT2D eigenvalue weighted by molar-refractivity contribution is -0.120. The number of ether oxygens (including phenoxy) is 2. The number of sulfonamides is 1. The van der Waals surface area contributed by atoms with Gasteiger partial charge >= 0.3 is 0 Å². The van der Waals surface area contributed by atoms with Gasteiger partial charge in [-0.25, -0.2) is 8.42 Å². The Labute approximate surface area is 212 Å². The number of benzene rings is 3. The number of hydrogen-bond donors (Lipinski definition) is 0. The molecule has 186 valence electrons. The minimum Gasteiger partial charge on any atom is -0.454 e. The van der Waals surface area contributed by atoms with E-state index in [9.17, 15) is 13.2 Å². The van der Waals surface area contributed by atoms with Gasteiger partial charge in [0.05, 0.1) is 10.3 Å². The van der Waals surface area contributed by atoms with Crippen LogP contribution in [0.25, 0.3) is 11.1 Å². The summed E-state index contributed by atoms with van der Waals surface area (Å²) in [6.45, 7) is 6.08. The van der Waals surface area contributed by atoms with Crippen LogP contribution in [0.15, 0.2) is 78.2 Å². The van der Waals surface area contributed by atoms with Crippen molar-refractivity contribution in [1.82, 2.24) is 4.31 Å². The van der Waals surface area contributed by atoms with E-state index in [1.807, 2.05) is 55.5 Å². The van der Waals surface area contributed by atoms with Crippen molar-refractivity contribution in [3.8, 4) is 22.6 Å². The number of carbonyl (C=O) groups is 1. The van der Waals surface area contributed by atoms with Gasteiger partial charge in [0.2, 0.25) is 16.8 Å². The predicted octanol–water partition coefficient (Wildman–Crippen LogP) is 5.04. The van der Waals surface area contributed by atoms with E-state index >= 15 is 0 Å². The Balaban J connectivity index is 1.37. The van der Waals surface area contributed by atoms with Crippen molar-refractivity contribution >= 4 is 15.8 Å². The highest BCUT2D eigenvalue weighted by Gasteiger charge is 2.50. The fourth-order valence-electron chi connectivity index (χ4n) is 4.76. The van der Waals surface area contributed by atoms with Crippen LogP contribution in [0.5, 0.6) is 11.5 Å². The van der Waals surface area contributed by atoms with Gasteiger partial charge in [-0.15, -0.1) is 6.58 Å². The first-order valence-corrected chi connectivity index (χ1v) is 13.4. The summed E-state index contributed by atoms with van der Waals surface area (Å²) < 4.78 is 37.6. The molecule has 0 saturated heterocycles. The number of fused-ring (bicyclic) bond motifs is 1. The number of carbonyl (C=O) groups excluding carboxylic acids is 1. The molecule has 6 nitrogen and oxygen atoms in total. The van der Waals surface area contributed by atoms with Crippen LogP contribution in [-0.4, -0.2) is 38.9 Å². The maximum Gasteiger partial charge on any atom is 0.243 e. The Bertz CT molecular complexity index is 1440. The molecule has 0 amide bonds. The van der Waals surface area contributed by atoms with Crippen LogP contribution in [0.1, 0.15) is 29.5 Å². The average Bonchev–Trinajstić information content (AvgIpc) is 3.56. The van der Waals surface area contributed by atoms with Crippen LogP contribution >= 0.6 is 0 Å². The predicted molar refractivity (Wildman–Crippen MR) is 139 cm³/mol. The third-order valence-corrected chi connectivity index (χ3v) is 8.97. The first-order chi connectivity index (χ1) is 17.2. The Kier molecular flexibility index (Phi) is 6.22. The molecule has 2 aliphatic rings. The van der Waals surface area contributed by atoms with E-state index in [1.165, 1.54) is 11.4 Å². The largest absolute Gasteiger partial charge is 0.454 e. The number of likely N-dealkylation sites (N-methyl/N-ethyl adjacent to an activating group) is 1. The maximum absolute atomic E-state index is 13.5. The van der Waals surface area contributed by atoms with E-state index in [0.717, 1.165) is 46.4 Å². The highest BCUT2D eigenvalue weighted by Crippen LogP contribution is 2.51. The molecule has 0 spiro atoms. The molecular weight excluding hydrogens is 474 g/mol. The van der Waals surface area contributed by atoms with Crippen molar-refractivity contribution in [2.75, 3.05) is 20.4 Å². The van der Waals surface area contributed by atoms with Gasteiger partial charge in [-0.3, -0.25) is 4.79 Å². The van der Waals surface area contributed by atoms with Crippen molar-refractivity contribution in [2.45, 2.75) is 36.5 Å². The van der Waals surface area contributed by atoms with Crippen molar-refractivity contribution in [3.05, 3.63) is 90.0 Å². The molecule has 1 aliphatic carbocycles. The van der Waals surface area contributed by atoms with Gasteiger partial charge in [0.1, 0.15) is 5.78 Å². The van der Waals surface area contributed by atoms with Gasteiger partial charge in [0.25, 0.3) is 0 Å². The van der Waals surface area contributed by atoms with Crippen LogP contribution in [-0.2, 0) is 26.7 Å². The third kappa shape index (κ3) is 4.33. The van der Waals surface area contributed by atoms with Gasteiger partial charge in [-0.1, -0.05) is 42.5 Å². The Hall–Kier alpha value is -3.42. The summed E-state index contributed by atoms with van der Waals surface area (Å²) in [7, 11) is -2.04. The zero-order valence-corrected chi connectivity index (χ0v) is 21.3. The number of hydrogen-bond acceptors (Lipinski definition) is 5. The second-order valence-corrected chi connectivity index (χ2v) is 11.5. The first-order valence-electron chi connectivity index (χ1n) is 12.0. The summed E-state index contributed by atoms with van der Waals surface area (Å²) in [6, 6.07) is 18.7. The van der Waals surface area contributed by atoms with E-state index < -0.39 is 15.4 Å². The van der Waals surface area contributed by atoms with Crippen LogP contribution in [0.2, 0.25) is 0 Å². The normalized spacial score (nSPS) is 15.6. The standard InChI is InChI=1S/C29H29NO5S/c1-4-15-30(3)36(32,33)24-10-7-22(8-11-24)25-16-21(6-5-20(25)2)17-28(31)29(13-14-29)23-9-12-26-27(18-23)35-19-34-26/h4-12,16,18H,1,13-15,17,19H2,2-3H3. The minimum atomic E-state index is -3.57. The molecule has 3 aromatic carbocycles. The zero-order chi connectivity index (χ0) is 25.5. The Morgan fingerprint density at radius 3 is 2.44 bits per heavy atom. The molecule has 0 aromatic heterocycles. The monoisotopic (exact) mass is 503 g/mol. The van der Waals surface area contributed by atoms with Crippen LogP contribution in [0.4, 0.5) is 0 Å². The summed E-state index contributed by atoms with van der Waals surface area (Å²) in [6.07, 6.45) is 3.56. The van der Waals surface area contributed by atoms with Crippen molar-refractivity contribution in [2.24, 2.45) is 0 Å². The van der Waals surface area contributed by atoms with E-state index in [-0.39, 0.29) is 24.0 Å². The quantitative estimate of drug-likeness (QED) is 0.383. The average molecular weight is 504 g/mol. The third-order valence-electron chi connectivity index (χ3n) is 7.14. The van der Waals surface area contributed by atoms with Gasteiger partial charge in [-0.05, 0) is 71.8 Å². The Morgan fingerprint density at radius 2 is 1.75 bits per heavy atom. The van der Waals surface area contributed by atoms with Gasteiger partial charge in [0.15, 0.2) is 11.5 Å². The van der Waals surface area contributed by atoms with Crippen molar-refractivity contribution < 1.29 is 22.7 Å². The molecule has 3 aromatic rings. The van der Waals surface area contributed by atoms with Gasteiger partial charge in [0, 0.05) is 20.0 Å². The van der Waals surface area contributed by atoms with Gasteiger partial charge < -0.3 is 9.47 Å². The molecule has 1 fully saturated rings. The van der Waals surface area contributed by atoms with E-state index in [4.69, 9.17) is 9.47 Å². The summed E-state index contributed by atoms with van der Waals surface area (Å²) in [4.78, 5) is 13.7. The molecule has 36 heavy (non-hydrogen) atoms. The SMILES string of the molecule is C=CCN(C)S(=O)(=O)c1ccc(-c2cc(CC(=O)C3(c4ccc5c(c4)OCO5)CC3)ccc2C)cc1. The number of rotatable bonds is 9. The number of ketones is 1. The van der Waals surface area contributed by atoms with E-state index in [0.29, 0.717) is 12.2 Å². The van der Waals surface area contributed by atoms with Crippen molar-refractivity contribution in [3.63, 3.8) is 0 Å². The van der Waals surface area contributed by atoms with E-state index in [1.54, 1.807) is 18.2 Å². The second kappa shape index (κ2) is 9.22. The lowest BCUT2D eigenvalue weighted by atomic mass is 9.87. The van der Waals surface area contributed by atoms with Crippen LogP contribution in [0, 0.1) is 6.92 Å². The topological polar surface area (TPSA) is 72.9 Å². The molecule has 0 N–H and O–H groups in total. The van der Waals surface area contributed by atoms with Crippen LogP contribution in [0.3, 0.4) is 0 Å². The lowest BCUT2D eigenvalue weighted by Crippen LogP contribution is -2.26. The maximum atomic E-state index is 13.5. The first kappa shape index (κ1) is 24.3. The fraction of sp³-hybridized carbons (Fsp3) is 0.276. The second-order valence-electron chi connectivity index (χ2n) is 9.50. The zero-order valence-electron chi connectivity index (χ0n) is 20.5. The number of aryl methyl sites for hydroxylation is 1. The molecule has 1 heterocycles. The minimum absolute atomic E-state index is 0.197. The van der Waals surface area contributed by atoms with Crippen LogP contribution < -0.4 is 9.47 Å². The molecule has 7 heteroatoms. The molecule has 0 radical (unpaired) electrons. The molecule has 5 rings (SSSR count). The Morgan fingerprint density at radius 1 is 1.03 bits per heavy atom. The molecule has 1 saturated carbocycles. The highest BCUT2D eigenvalue weighted by molar-refractivity contribution is 7.89. The molecular formula is C29H29NO5S. The molecule has 0 bridgehead atoms. The lowest BCUT2D eigenvalue weighted by Gasteiger charge is -2.17. The smallest absolute Gasteiger partial charge is 0.243 e. The number of nitrogens with zero attached hydrogens (tertiary/aromatic N) is 1. The number of Topliss-reactive ketones (excluding diaryl/α,β-unsaturated/α-hetero) is 1. The highest BCUT2D eigenvalue weighted by atomic mass is 32.2. The molecule has 1 aliphatic heterocycles. The van der Waals surface area contributed by atoms with Gasteiger partial charge in [-0.2, -0.15) is 4.31 Å².